The van der Waals surface area contributed by atoms with Gasteiger partial charge in [0.1, 0.15) is 0 Å². The Morgan fingerprint density at radius 1 is 1.42 bits per heavy atom. The molecule has 0 unspecified atom stereocenters. The Morgan fingerprint density at radius 3 is 2.79 bits per heavy atom. The number of carboxylic acid groups (broad SMARTS) is 1. The number of hydrogen-bond acceptors (Lipinski definition) is 3. The van der Waals surface area contributed by atoms with E-state index in [2.05, 4.69) is 5.32 Å². The van der Waals surface area contributed by atoms with Gasteiger partial charge in [-0.2, -0.15) is 0 Å². The SMILES string of the molecule is C[C@@H](NC(=O)c1cccc(C(=O)O)c1)[C@H]1CCCO1. The molecule has 2 atom stereocenters. The zero-order valence-corrected chi connectivity index (χ0v) is 10.8. The van der Waals surface area contributed by atoms with E-state index in [-0.39, 0.29) is 23.6 Å². The lowest BCUT2D eigenvalue weighted by atomic mass is 10.1. The largest absolute Gasteiger partial charge is 0.478 e. The molecule has 19 heavy (non-hydrogen) atoms. The van der Waals surface area contributed by atoms with E-state index in [0.717, 1.165) is 19.4 Å². The van der Waals surface area contributed by atoms with Crippen molar-refractivity contribution in [2.45, 2.75) is 31.9 Å². The number of nitrogens with one attached hydrogen (secondary N) is 1. The minimum Gasteiger partial charge on any atom is -0.478 e. The van der Waals surface area contributed by atoms with E-state index in [9.17, 15) is 9.59 Å². The van der Waals surface area contributed by atoms with Crippen LogP contribution in [0.3, 0.4) is 0 Å². The molecule has 1 aromatic carbocycles. The number of aromatic carboxylic acids is 1. The summed E-state index contributed by atoms with van der Waals surface area (Å²) in [5.74, 6) is -1.31. The lowest BCUT2D eigenvalue weighted by molar-refractivity contribution is 0.0696. The average molecular weight is 263 g/mol. The normalized spacial score (nSPS) is 19.9. The van der Waals surface area contributed by atoms with Gasteiger partial charge in [-0.1, -0.05) is 6.07 Å². The molecule has 1 saturated heterocycles. The van der Waals surface area contributed by atoms with Crippen LogP contribution >= 0.6 is 0 Å². The third-order valence-electron chi connectivity index (χ3n) is 3.25. The van der Waals surface area contributed by atoms with Crippen LogP contribution in [0.5, 0.6) is 0 Å². The van der Waals surface area contributed by atoms with Gasteiger partial charge in [0.2, 0.25) is 0 Å². The molecule has 5 heteroatoms. The molecule has 1 aliphatic heterocycles. The van der Waals surface area contributed by atoms with Crippen LogP contribution in [-0.4, -0.2) is 35.7 Å². The average Bonchev–Trinajstić information content (AvgIpc) is 2.92. The number of rotatable bonds is 4. The predicted molar refractivity (Wildman–Crippen MR) is 69.3 cm³/mol. The molecule has 1 aromatic rings. The number of ether oxygens (including phenoxy) is 1. The highest BCUT2D eigenvalue weighted by Gasteiger charge is 2.24. The number of carbonyl (C=O) groups is 2. The van der Waals surface area contributed by atoms with Gasteiger partial charge in [-0.15, -0.1) is 0 Å². The second-order valence-corrected chi connectivity index (χ2v) is 4.70. The molecule has 2 N–H and O–H groups in total. The predicted octanol–water partition coefficient (Wildman–Crippen LogP) is 1.68. The molecule has 2 rings (SSSR count). The monoisotopic (exact) mass is 263 g/mol. The fourth-order valence-corrected chi connectivity index (χ4v) is 2.17. The van der Waals surface area contributed by atoms with Gasteiger partial charge in [-0.05, 0) is 38.0 Å². The fraction of sp³-hybridized carbons (Fsp3) is 0.429. The van der Waals surface area contributed by atoms with Crippen LogP contribution in [0.1, 0.15) is 40.5 Å². The Hall–Kier alpha value is -1.88. The first-order valence-electron chi connectivity index (χ1n) is 6.34. The van der Waals surface area contributed by atoms with Crippen molar-refractivity contribution in [3.8, 4) is 0 Å². The topological polar surface area (TPSA) is 75.6 Å². The summed E-state index contributed by atoms with van der Waals surface area (Å²) in [5.41, 5.74) is 0.460. The first kappa shape index (κ1) is 13.5. The molecule has 0 saturated carbocycles. The van der Waals surface area contributed by atoms with Gasteiger partial charge in [-0.3, -0.25) is 4.79 Å². The molecule has 0 spiro atoms. The van der Waals surface area contributed by atoms with Crippen molar-refractivity contribution in [3.63, 3.8) is 0 Å². The summed E-state index contributed by atoms with van der Waals surface area (Å²) in [7, 11) is 0. The number of amides is 1. The van der Waals surface area contributed by atoms with Crippen LogP contribution in [0, 0.1) is 0 Å². The number of benzene rings is 1. The molecule has 1 fully saturated rings. The summed E-state index contributed by atoms with van der Waals surface area (Å²) in [5, 5.41) is 11.7. The van der Waals surface area contributed by atoms with Crippen LogP contribution < -0.4 is 5.32 Å². The maximum atomic E-state index is 12.0. The second-order valence-electron chi connectivity index (χ2n) is 4.70. The molecule has 5 nitrogen and oxygen atoms in total. The van der Waals surface area contributed by atoms with Gasteiger partial charge in [0.05, 0.1) is 17.7 Å². The maximum Gasteiger partial charge on any atom is 0.335 e. The summed E-state index contributed by atoms with van der Waals surface area (Å²) in [6, 6.07) is 5.92. The van der Waals surface area contributed by atoms with Crippen molar-refractivity contribution >= 4 is 11.9 Å². The minimum absolute atomic E-state index is 0.0478. The zero-order valence-electron chi connectivity index (χ0n) is 10.8. The smallest absolute Gasteiger partial charge is 0.335 e. The molecular weight excluding hydrogens is 246 g/mol. The minimum atomic E-state index is -1.04. The summed E-state index contributed by atoms with van der Waals surface area (Å²) in [6.45, 7) is 2.63. The Bertz CT molecular complexity index is 480. The molecule has 0 aliphatic carbocycles. The second kappa shape index (κ2) is 5.84. The van der Waals surface area contributed by atoms with Gasteiger partial charge in [0.25, 0.3) is 5.91 Å². The fourth-order valence-electron chi connectivity index (χ4n) is 2.17. The Labute approximate surface area is 111 Å². The summed E-state index contributed by atoms with van der Waals surface area (Å²) < 4.78 is 5.50. The first-order chi connectivity index (χ1) is 9.08. The quantitative estimate of drug-likeness (QED) is 0.866. The van der Waals surface area contributed by atoms with E-state index >= 15 is 0 Å². The third kappa shape index (κ3) is 3.32. The molecule has 0 aromatic heterocycles. The highest BCUT2D eigenvalue weighted by Crippen LogP contribution is 2.16. The van der Waals surface area contributed by atoms with Crippen LogP contribution in [0.4, 0.5) is 0 Å². The van der Waals surface area contributed by atoms with Crippen LogP contribution in [0.15, 0.2) is 24.3 Å². The number of hydrogen-bond donors (Lipinski definition) is 2. The van der Waals surface area contributed by atoms with Crippen LogP contribution in [0.2, 0.25) is 0 Å². The van der Waals surface area contributed by atoms with E-state index in [1.807, 2.05) is 6.92 Å². The van der Waals surface area contributed by atoms with Crippen molar-refractivity contribution in [2.24, 2.45) is 0 Å². The van der Waals surface area contributed by atoms with Crippen LogP contribution in [-0.2, 0) is 4.74 Å². The first-order valence-corrected chi connectivity index (χ1v) is 6.34. The Balaban J connectivity index is 2.02. The van der Waals surface area contributed by atoms with E-state index in [0.29, 0.717) is 5.56 Å². The van der Waals surface area contributed by atoms with E-state index in [4.69, 9.17) is 9.84 Å². The highest BCUT2D eigenvalue weighted by molar-refractivity contribution is 5.97. The lowest BCUT2D eigenvalue weighted by Crippen LogP contribution is -2.40. The van der Waals surface area contributed by atoms with Crippen molar-refractivity contribution in [3.05, 3.63) is 35.4 Å². The van der Waals surface area contributed by atoms with Gasteiger partial charge < -0.3 is 15.2 Å². The molecule has 1 aliphatic rings. The summed E-state index contributed by atoms with van der Waals surface area (Å²) in [6.07, 6.45) is 2.00. The molecule has 102 valence electrons. The molecular formula is C14H17NO4. The Kier molecular flexibility index (Phi) is 4.16. The van der Waals surface area contributed by atoms with Crippen LogP contribution in [0.25, 0.3) is 0 Å². The third-order valence-corrected chi connectivity index (χ3v) is 3.25. The molecule has 0 radical (unpaired) electrons. The summed E-state index contributed by atoms with van der Waals surface area (Å²) >= 11 is 0. The van der Waals surface area contributed by atoms with Gasteiger partial charge in [-0.25, -0.2) is 4.79 Å². The molecule has 1 amide bonds. The molecule has 0 bridgehead atoms. The number of carboxylic acids is 1. The molecule has 1 heterocycles. The highest BCUT2D eigenvalue weighted by atomic mass is 16.5. The van der Waals surface area contributed by atoms with Gasteiger partial charge >= 0.3 is 5.97 Å². The van der Waals surface area contributed by atoms with Gasteiger partial charge in [0, 0.05) is 12.2 Å². The van der Waals surface area contributed by atoms with E-state index in [1.165, 1.54) is 12.1 Å². The standard InChI is InChI=1S/C14H17NO4/c1-9(12-6-3-7-19-12)15-13(16)10-4-2-5-11(8-10)14(17)18/h2,4-5,8-9,12H,3,6-7H2,1H3,(H,15,16)(H,17,18)/t9-,12-/m1/s1. The van der Waals surface area contributed by atoms with E-state index < -0.39 is 5.97 Å². The van der Waals surface area contributed by atoms with Gasteiger partial charge in [0.15, 0.2) is 0 Å². The van der Waals surface area contributed by atoms with Crippen molar-refractivity contribution in [1.82, 2.24) is 5.32 Å². The zero-order chi connectivity index (χ0) is 13.8. The lowest BCUT2D eigenvalue weighted by Gasteiger charge is -2.20. The summed E-state index contributed by atoms with van der Waals surface area (Å²) in [4.78, 5) is 22.9. The van der Waals surface area contributed by atoms with Crippen molar-refractivity contribution in [1.29, 1.82) is 0 Å². The van der Waals surface area contributed by atoms with Crippen molar-refractivity contribution < 1.29 is 19.4 Å². The Morgan fingerprint density at radius 2 is 2.16 bits per heavy atom. The number of carbonyl (C=O) groups excluding carboxylic acids is 1. The van der Waals surface area contributed by atoms with E-state index in [1.54, 1.807) is 12.1 Å². The maximum absolute atomic E-state index is 12.0. The van der Waals surface area contributed by atoms with Crippen molar-refractivity contribution in [2.75, 3.05) is 6.61 Å².